The summed E-state index contributed by atoms with van der Waals surface area (Å²) in [6.07, 6.45) is 2.51. The third-order valence-corrected chi connectivity index (χ3v) is 4.96. The quantitative estimate of drug-likeness (QED) is 0.837. The zero-order chi connectivity index (χ0) is 16.7. The van der Waals surface area contributed by atoms with E-state index in [2.05, 4.69) is 40.1 Å². The van der Waals surface area contributed by atoms with Crippen molar-refractivity contribution >= 4 is 0 Å². The molecular weight excluding hydrogens is 306 g/mol. The van der Waals surface area contributed by atoms with Gasteiger partial charge in [-0.15, -0.1) is 0 Å². The zero-order valence-corrected chi connectivity index (χ0v) is 14.6. The Morgan fingerprint density at radius 3 is 2.88 bits per heavy atom. The molecule has 0 radical (unpaired) electrons. The molecule has 0 spiro atoms. The third kappa shape index (κ3) is 3.23. The van der Waals surface area contributed by atoms with Gasteiger partial charge < -0.3 is 9.26 Å². The van der Waals surface area contributed by atoms with Crippen LogP contribution in [0.15, 0.2) is 10.6 Å². The Morgan fingerprint density at radius 2 is 2.17 bits per heavy atom. The Morgan fingerprint density at radius 1 is 1.33 bits per heavy atom. The first-order valence-electron chi connectivity index (χ1n) is 8.80. The predicted octanol–water partition coefficient (Wildman–Crippen LogP) is 2.22. The average Bonchev–Trinajstić information content (AvgIpc) is 3.22. The van der Waals surface area contributed by atoms with E-state index < -0.39 is 0 Å². The van der Waals surface area contributed by atoms with Crippen molar-refractivity contribution in [1.29, 1.82) is 0 Å². The number of aromatic nitrogens is 4. The van der Waals surface area contributed by atoms with Crippen molar-refractivity contribution in [2.75, 3.05) is 19.7 Å². The second-order valence-electron chi connectivity index (χ2n) is 7.04. The van der Waals surface area contributed by atoms with Gasteiger partial charge in [-0.1, -0.05) is 5.16 Å². The summed E-state index contributed by atoms with van der Waals surface area (Å²) in [5.41, 5.74) is 2.22. The molecule has 1 aliphatic heterocycles. The zero-order valence-electron chi connectivity index (χ0n) is 14.6. The molecule has 2 aliphatic rings. The van der Waals surface area contributed by atoms with E-state index in [1.54, 1.807) is 0 Å². The molecule has 7 nitrogen and oxygen atoms in total. The first-order chi connectivity index (χ1) is 11.6. The topological polar surface area (TPSA) is 69.2 Å². The molecule has 3 heterocycles. The van der Waals surface area contributed by atoms with E-state index in [1.165, 1.54) is 18.5 Å². The Kier molecular flexibility index (Phi) is 4.14. The van der Waals surface area contributed by atoms with Crippen molar-refractivity contribution < 1.29 is 9.26 Å². The molecule has 0 aromatic carbocycles. The van der Waals surface area contributed by atoms with Crippen LogP contribution in [0.3, 0.4) is 0 Å². The number of aryl methyl sites for hydroxylation is 2. The summed E-state index contributed by atoms with van der Waals surface area (Å²) in [4.78, 5) is 6.96. The van der Waals surface area contributed by atoms with Crippen molar-refractivity contribution in [3.63, 3.8) is 0 Å². The molecule has 24 heavy (non-hydrogen) atoms. The number of rotatable bonds is 5. The minimum absolute atomic E-state index is 0.122. The van der Waals surface area contributed by atoms with Gasteiger partial charge in [-0.05, 0) is 39.7 Å². The highest BCUT2D eigenvalue weighted by atomic mass is 16.5. The predicted molar refractivity (Wildman–Crippen MR) is 87.7 cm³/mol. The Hall–Kier alpha value is -1.73. The van der Waals surface area contributed by atoms with Crippen LogP contribution in [0, 0.1) is 13.8 Å². The molecule has 2 aromatic heterocycles. The van der Waals surface area contributed by atoms with Crippen LogP contribution in [-0.2, 0) is 11.3 Å². The summed E-state index contributed by atoms with van der Waals surface area (Å²) < 4.78 is 13.5. The molecule has 4 rings (SSSR count). The van der Waals surface area contributed by atoms with Gasteiger partial charge in [0.05, 0.1) is 31.0 Å². The summed E-state index contributed by atoms with van der Waals surface area (Å²) in [5, 5.41) is 8.68. The third-order valence-electron chi connectivity index (χ3n) is 4.96. The van der Waals surface area contributed by atoms with E-state index in [9.17, 15) is 0 Å². The molecule has 7 heteroatoms. The van der Waals surface area contributed by atoms with Crippen LogP contribution in [0.1, 0.15) is 54.8 Å². The van der Waals surface area contributed by atoms with E-state index >= 15 is 0 Å². The molecule has 1 aliphatic carbocycles. The molecule has 0 amide bonds. The monoisotopic (exact) mass is 331 g/mol. The molecule has 2 aromatic rings. The van der Waals surface area contributed by atoms with Gasteiger partial charge >= 0.3 is 0 Å². The molecular formula is C17H25N5O2. The maximum Gasteiger partial charge on any atom is 0.243 e. The summed E-state index contributed by atoms with van der Waals surface area (Å²) in [5.74, 6) is 2.13. The second kappa shape index (κ2) is 6.29. The maximum absolute atomic E-state index is 5.95. The lowest BCUT2D eigenvalue weighted by molar-refractivity contribution is -0.0534. The van der Waals surface area contributed by atoms with Crippen molar-refractivity contribution in [3.8, 4) is 0 Å². The van der Waals surface area contributed by atoms with E-state index in [-0.39, 0.29) is 12.1 Å². The smallest absolute Gasteiger partial charge is 0.243 e. The summed E-state index contributed by atoms with van der Waals surface area (Å²) in [6.45, 7) is 9.47. The van der Waals surface area contributed by atoms with Gasteiger partial charge in [-0.2, -0.15) is 10.1 Å². The van der Waals surface area contributed by atoms with Gasteiger partial charge in [0.1, 0.15) is 0 Å². The fraction of sp³-hybridized carbons (Fsp3) is 0.706. The minimum atomic E-state index is 0.122. The van der Waals surface area contributed by atoms with Crippen LogP contribution in [-0.4, -0.2) is 50.6 Å². The number of hydrogen-bond donors (Lipinski definition) is 0. The highest BCUT2D eigenvalue weighted by Crippen LogP contribution is 2.38. The second-order valence-corrected chi connectivity index (χ2v) is 7.04. The van der Waals surface area contributed by atoms with Crippen LogP contribution in [0.5, 0.6) is 0 Å². The highest BCUT2D eigenvalue weighted by molar-refractivity contribution is 5.07. The van der Waals surface area contributed by atoms with Crippen LogP contribution in [0.2, 0.25) is 0 Å². The van der Waals surface area contributed by atoms with Crippen LogP contribution < -0.4 is 0 Å². The first-order valence-corrected chi connectivity index (χ1v) is 8.80. The van der Waals surface area contributed by atoms with Crippen molar-refractivity contribution in [2.45, 2.75) is 58.2 Å². The van der Waals surface area contributed by atoms with Gasteiger partial charge in [0, 0.05) is 24.7 Å². The van der Waals surface area contributed by atoms with E-state index in [1.807, 2.05) is 11.6 Å². The lowest BCUT2D eigenvalue weighted by atomic mass is 10.2. The molecule has 2 fully saturated rings. The lowest BCUT2D eigenvalue weighted by Gasteiger charge is -2.35. The molecule has 0 bridgehead atoms. The summed E-state index contributed by atoms with van der Waals surface area (Å²) in [6, 6.07) is 2.22. The maximum atomic E-state index is 5.95. The Bertz CT molecular complexity index is 706. The molecule has 0 N–H and O–H groups in total. The molecule has 1 saturated carbocycles. The van der Waals surface area contributed by atoms with Gasteiger partial charge in [0.2, 0.25) is 5.89 Å². The van der Waals surface area contributed by atoms with Gasteiger partial charge in [-0.25, -0.2) is 0 Å². The van der Waals surface area contributed by atoms with E-state index in [0.717, 1.165) is 43.7 Å². The van der Waals surface area contributed by atoms with Crippen molar-refractivity contribution in [2.24, 2.45) is 0 Å². The SMILES string of the molecule is Cc1cc(C)n(C[C@@H]2CN([C@H](C)c3nc(C4CC4)no3)CCO2)n1. The molecule has 130 valence electrons. The highest BCUT2D eigenvalue weighted by Gasteiger charge is 2.32. The number of hydrogen-bond acceptors (Lipinski definition) is 6. The van der Waals surface area contributed by atoms with Crippen molar-refractivity contribution in [3.05, 3.63) is 29.2 Å². The Balaban J connectivity index is 1.40. The lowest BCUT2D eigenvalue weighted by Crippen LogP contribution is -2.45. The standard InChI is InChI=1S/C17H25N5O2/c1-11-8-12(2)22(19-11)10-15-9-21(6-7-23-15)13(3)17-18-16(20-24-17)14-4-5-14/h8,13-15H,4-7,9-10H2,1-3H3/t13-,15+/m1/s1. The Labute approximate surface area is 142 Å². The van der Waals surface area contributed by atoms with Crippen LogP contribution >= 0.6 is 0 Å². The van der Waals surface area contributed by atoms with Crippen molar-refractivity contribution in [1.82, 2.24) is 24.8 Å². The number of nitrogens with zero attached hydrogens (tertiary/aromatic N) is 5. The molecule has 2 atom stereocenters. The van der Waals surface area contributed by atoms with E-state index in [4.69, 9.17) is 9.26 Å². The van der Waals surface area contributed by atoms with Gasteiger partial charge in [0.25, 0.3) is 0 Å². The molecule has 0 unspecified atom stereocenters. The number of ether oxygens (including phenoxy) is 1. The van der Waals surface area contributed by atoms with Crippen LogP contribution in [0.4, 0.5) is 0 Å². The first kappa shape index (κ1) is 15.8. The minimum Gasteiger partial charge on any atom is -0.374 e. The van der Waals surface area contributed by atoms with Gasteiger partial charge in [-0.3, -0.25) is 9.58 Å². The molecule has 1 saturated heterocycles. The van der Waals surface area contributed by atoms with Crippen LogP contribution in [0.25, 0.3) is 0 Å². The number of morpholine rings is 1. The van der Waals surface area contributed by atoms with Gasteiger partial charge in [0.15, 0.2) is 5.82 Å². The average molecular weight is 331 g/mol. The largest absolute Gasteiger partial charge is 0.374 e. The normalized spacial score (nSPS) is 23.5. The summed E-state index contributed by atoms with van der Waals surface area (Å²) in [7, 11) is 0. The van der Waals surface area contributed by atoms with E-state index in [0.29, 0.717) is 5.92 Å². The summed E-state index contributed by atoms with van der Waals surface area (Å²) >= 11 is 0. The fourth-order valence-electron chi connectivity index (χ4n) is 3.34. The fourth-order valence-corrected chi connectivity index (χ4v) is 3.34.